The average Bonchev–Trinajstić information content (AvgIpc) is 3.21. The van der Waals surface area contributed by atoms with Crippen molar-refractivity contribution >= 4 is 23.3 Å². The maximum Gasteiger partial charge on any atom is 0.322 e. The summed E-state index contributed by atoms with van der Waals surface area (Å²) < 4.78 is 11.1. The summed E-state index contributed by atoms with van der Waals surface area (Å²) in [7, 11) is 1.57. The first-order chi connectivity index (χ1) is 10.7. The summed E-state index contributed by atoms with van der Waals surface area (Å²) in [5.41, 5.74) is 0.586. The molecule has 1 saturated carbocycles. The number of rotatable bonds is 5. The van der Waals surface area contributed by atoms with E-state index in [9.17, 15) is 4.79 Å². The normalized spacial score (nSPS) is 21.0. The van der Waals surface area contributed by atoms with E-state index < -0.39 is 0 Å². The highest BCUT2D eigenvalue weighted by atomic mass is 35.5. The van der Waals surface area contributed by atoms with Gasteiger partial charge in [-0.3, -0.25) is 0 Å². The van der Waals surface area contributed by atoms with Crippen LogP contribution in [0.4, 0.5) is 10.5 Å². The zero-order valence-corrected chi connectivity index (χ0v) is 13.4. The molecule has 5 nitrogen and oxygen atoms in total. The highest BCUT2D eigenvalue weighted by molar-refractivity contribution is 6.31. The minimum absolute atomic E-state index is 0.141. The Morgan fingerprint density at radius 2 is 2.23 bits per heavy atom. The van der Waals surface area contributed by atoms with E-state index in [0.29, 0.717) is 29.5 Å². The molecule has 0 bridgehead atoms. The summed E-state index contributed by atoms with van der Waals surface area (Å²) in [5.74, 6) is 1.34. The lowest BCUT2D eigenvalue weighted by Crippen LogP contribution is -2.34. The molecule has 1 heterocycles. The summed E-state index contributed by atoms with van der Waals surface area (Å²) in [6.45, 7) is 2.19. The molecular weight excluding hydrogens is 304 g/mol. The zero-order valence-electron chi connectivity index (χ0n) is 12.7. The number of carbonyl (C=O) groups is 1. The topological polar surface area (TPSA) is 50.8 Å². The van der Waals surface area contributed by atoms with Gasteiger partial charge < -0.3 is 19.7 Å². The van der Waals surface area contributed by atoms with Crippen molar-refractivity contribution in [2.75, 3.05) is 32.1 Å². The SMILES string of the molecule is COc1ccc(Cl)cc1NC(=O)N1CCC(OCC2CC2)C1. The zero-order chi connectivity index (χ0) is 15.5. The molecule has 1 aliphatic carbocycles. The Hall–Kier alpha value is -1.46. The molecule has 6 heteroatoms. The first-order valence-electron chi connectivity index (χ1n) is 7.67. The van der Waals surface area contributed by atoms with Gasteiger partial charge in [-0.1, -0.05) is 11.6 Å². The molecule has 2 amide bonds. The fraction of sp³-hybridized carbons (Fsp3) is 0.562. The Morgan fingerprint density at radius 3 is 2.95 bits per heavy atom. The van der Waals surface area contributed by atoms with Crippen molar-refractivity contribution in [2.24, 2.45) is 5.92 Å². The molecule has 1 atom stereocenters. The van der Waals surface area contributed by atoms with Crippen LogP contribution in [0.3, 0.4) is 0 Å². The quantitative estimate of drug-likeness (QED) is 0.903. The van der Waals surface area contributed by atoms with E-state index >= 15 is 0 Å². The number of benzene rings is 1. The molecule has 0 radical (unpaired) electrons. The molecule has 120 valence electrons. The number of nitrogens with zero attached hydrogens (tertiary/aromatic N) is 1. The highest BCUT2D eigenvalue weighted by Crippen LogP contribution is 2.30. The molecule has 2 aliphatic rings. The minimum atomic E-state index is -0.141. The maximum atomic E-state index is 12.4. The predicted octanol–water partition coefficient (Wildman–Crippen LogP) is 3.38. The van der Waals surface area contributed by atoms with Crippen LogP contribution < -0.4 is 10.1 Å². The lowest BCUT2D eigenvalue weighted by molar-refractivity contribution is 0.0542. The number of hydrogen-bond acceptors (Lipinski definition) is 3. The van der Waals surface area contributed by atoms with Gasteiger partial charge >= 0.3 is 6.03 Å². The van der Waals surface area contributed by atoms with Crippen molar-refractivity contribution < 1.29 is 14.3 Å². The third-order valence-corrected chi connectivity index (χ3v) is 4.34. The summed E-state index contributed by atoms with van der Waals surface area (Å²) >= 11 is 5.98. The van der Waals surface area contributed by atoms with Gasteiger partial charge in [-0.05, 0) is 43.4 Å². The predicted molar refractivity (Wildman–Crippen MR) is 85.7 cm³/mol. The second-order valence-corrected chi connectivity index (χ2v) is 6.34. The van der Waals surface area contributed by atoms with Crippen LogP contribution in [-0.2, 0) is 4.74 Å². The third kappa shape index (κ3) is 3.84. The highest BCUT2D eigenvalue weighted by Gasteiger charge is 2.29. The van der Waals surface area contributed by atoms with Gasteiger partial charge in [0.05, 0.1) is 18.9 Å². The van der Waals surface area contributed by atoms with E-state index in [-0.39, 0.29) is 12.1 Å². The number of amides is 2. The molecule has 1 unspecified atom stereocenters. The Balaban J connectivity index is 1.54. The van der Waals surface area contributed by atoms with Gasteiger partial charge in [0.2, 0.25) is 0 Å². The first-order valence-corrected chi connectivity index (χ1v) is 8.04. The molecule has 1 aliphatic heterocycles. The molecule has 1 aromatic carbocycles. The molecule has 1 N–H and O–H groups in total. The number of nitrogens with one attached hydrogen (secondary N) is 1. The van der Waals surface area contributed by atoms with E-state index in [4.69, 9.17) is 21.1 Å². The molecule has 2 fully saturated rings. The lowest BCUT2D eigenvalue weighted by Gasteiger charge is -2.18. The number of hydrogen-bond donors (Lipinski definition) is 1. The number of carbonyl (C=O) groups excluding carboxylic acids is 1. The Bertz CT molecular complexity index is 548. The van der Waals surface area contributed by atoms with Crippen molar-refractivity contribution in [1.29, 1.82) is 0 Å². The van der Waals surface area contributed by atoms with Gasteiger partial charge in [0, 0.05) is 24.7 Å². The number of urea groups is 1. The summed E-state index contributed by atoms with van der Waals surface area (Å²) in [4.78, 5) is 14.1. The van der Waals surface area contributed by atoms with E-state index in [1.807, 2.05) is 0 Å². The fourth-order valence-corrected chi connectivity index (χ4v) is 2.75. The van der Waals surface area contributed by atoms with Crippen LogP contribution >= 0.6 is 11.6 Å². The van der Waals surface area contributed by atoms with Gasteiger partial charge in [0.25, 0.3) is 0 Å². The van der Waals surface area contributed by atoms with Crippen LogP contribution in [0.5, 0.6) is 5.75 Å². The number of likely N-dealkylation sites (tertiary alicyclic amines) is 1. The van der Waals surface area contributed by atoms with Crippen LogP contribution in [-0.4, -0.2) is 43.8 Å². The van der Waals surface area contributed by atoms with E-state index in [0.717, 1.165) is 18.9 Å². The van der Waals surface area contributed by atoms with Crippen LogP contribution in [0, 0.1) is 5.92 Å². The second-order valence-electron chi connectivity index (χ2n) is 5.91. The van der Waals surface area contributed by atoms with Crippen molar-refractivity contribution in [3.05, 3.63) is 23.2 Å². The largest absolute Gasteiger partial charge is 0.495 e. The van der Waals surface area contributed by atoms with Crippen LogP contribution in [0.2, 0.25) is 5.02 Å². The number of anilines is 1. The smallest absolute Gasteiger partial charge is 0.322 e. The molecule has 1 saturated heterocycles. The fourth-order valence-electron chi connectivity index (χ4n) is 2.58. The van der Waals surface area contributed by atoms with Crippen LogP contribution in [0.1, 0.15) is 19.3 Å². The molecule has 0 aromatic heterocycles. The lowest BCUT2D eigenvalue weighted by atomic mass is 10.3. The average molecular weight is 325 g/mol. The standard InChI is InChI=1S/C16H21ClN2O3/c1-21-15-5-4-12(17)8-14(15)18-16(20)19-7-6-13(9-19)22-10-11-2-3-11/h4-5,8,11,13H,2-3,6-7,9-10H2,1H3,(H,18,20). The Labute approximate surface area is 135 Å². The van der Waals surface area contributed by atoms with Crippen molar-refractivity contribution in [3.63, 3.8) is 0 Å². The minimum Gasteiger partial charge on any atom is -0.495 e. The van der Waals surface area contributed by atoms with Gasteiger partial charge in [0.1, 0.15) is 5.75 Å². The van der Waals surface area contributed by atoms with Gasteiger partial charge in [-0.15, -0.1) is 0 Å². The maximum absolute atomic E-state index is 12.4. The molecular formula is C16H21ClN2O3. The van der Waals surface area contributed by atoms with Gasteiger partial charge in [-0.2, -0.15) is 0 Å². The second kappa shape index (κ2) is 6.75. The number of methoxy groups -OCH3 is 1. The van der Waals surface area contributed by atoms with E-state index in [1.54, 1.807) is 30.2 Å². The van der Waals surface area contributed by atoms with Gasteiger partial charge in [-0.25, -0.2) is 4.79 Å². The Kier molecular flexibility index (Phi) is 4.74. The molecule has 1 aromatic rings. The van der Waals surface area contributed by atoms with Crippen LogP contribution in [0.15, 0.2) is 18.2 Å². The van der Waals surface area contributed by atoms with Gasteiger partial charge in [0.15, 0.2) is 0 Å². The van der Waals surface area contributed by atoms with Crippen molar-refractivity contribution in [1.82, 2.24) is 4.90 Å². The van der Waals surface area contributed by atoms with Crippen molar-refractivity contribution in [2.45, 2.75) is 25.4 Å². The van der Waals surface area contributed by atoms with E-state index in [1.165, 1.54) is 12.8 Å². The van der Waals surface area contributed by atoms with E-state index in [2.05, 4.69) is 5.32 Å². The molecule has 0 spiro atoms. The van der Waals surface area contributed by atoms with Crippen LogP contribution in [0.25, 0.3) is 0 Å². The monoisotopic (exact) mass is 324 g/mol. The molecule has 3 rings (SSSR count). The number of halogens is 1. The summed E-state index contributed by atoms with van der Waals surface area (Å²) in [6.07, 6.45) is 3.62. The van der Waals surface area contributed by atoms with Crippen molar-refractivity contribution in [3.8, 4) is 5.75 Å². The Morgan fingerprint density at radius 1 is 1.41 bits per heavy atom. The number of ether oxygens (including phenoxy) is 2. The summed E-state index contributed by atoms with van der Waals surface area (Å²) in [5, 5.41) is 3.42. The summed E-state index contributed by atoms with van der Waals surface area (Å²) in [6, 6.07) is 5.02. The first kappa shape index (κ1) is 15.4. The molecule has 22 heavy (non-hydrogen) atoms. The third-order valence-electron chi connectivity index (χ3n) is 4.10.